The van der Waals surface area contributed by atoms with E-state index in [2.05, 4.69) is 15.6 Å². The lowest BCUT2D eigenvalue weighted by Crippen LogP contribution is -2.37. The van der Waals surface area contributed by atoms with Gasteiger partial charge in [0.25, 0.3) is 5.91 Å². The summed E-state index contributed by atoms with van der Waals surface area (Å²) in [5.74, 6) is -0.627. The third kappa shape index (κ3) is 3.97. The zero-order chi connectivity index (χ0) is 17.8. The number of pyridine rings is 1. The Labute approximate surface area is 154 Å². The molecule has 1 aromatic carbocycles. The van der Waals surface area contributed by atoms with E-state index in [1.54, 1.807) is 12.4 Å². The number of fused-ring (bicyclic) bond motifs is 1. The molecule has 0 saturated heterocycles. The lowest BCUT2D eigenvalue weighted by Gasteiger charge is -2.14. The van der Waals surface area contributed by atoms with E-state index in [-0.39, 0.29) is 24.4 Å². The van der Waals surface area contributed by atoms with Crippen LogP contribution >= 0.6 is 22.9 Å². The van der Waals surface area contributed by atoms with Crippen LogP contribution in [-0.2, 0) is 4.79 Å². The second-order valence-corrected chi connectivity index (χ2v) is 6.93. The predicted octanol–water partition coefficient (Wildman–Crippen LogP) is 3.56. The smallest absolute Gasteiger partial charge is 0.263 e. The Morgan fingerprint density at radius 3 is 2.76 bits per heavy atom. The average molecular weight is 374 g/mol. The van der Waals surface area contributed by atoms with Crippen LogP contribution in [0.15, 0.2) is 48.8 Å². The molecule has 2 heterocycles. The minimum Gasteiger partial charge on any atom is -0.348 e. The molecule has 3 rings (SSSR count). The molecular weight excluding hydrogens is 358 g/mol. The molecule has 5 nitrogen and oxygen atoms in total. The highest BCUT2D eigenvalue weighted by atomic mass is 35.5. The van der Waals surface area contributed by atoms with Crippen LogP contribution in [0.4, 0.5) is 0 Å². The maximum Gasteiger partial charge on any atom is 0.263 e. The maximum atomic E-state index is 12.3. The van der Waals surface area contributed by atoms with E-state index in [1.807, 2.05) is 43.3 Å². The summed E-state index contributed by atoms with van der Waals surface area (Å²) in [6.45, 7) is 1.74. The van der Waals surface area contributed by atoms with Crippen LogP contribution < -0.4 is 10.6 Å². The number of nitrogens with zero attached hydrogens (tertiary/aromatic N) is 1. The largest absolute Gasteiger partial charge is 0.348 e. The fourth-order valence-corrected chi connectivity index (χ4v) is 3.84. The molecule has 0 radical (unpaired) electrons. The van der Waals surface area contributed by atoms with Gasteiger partial charge in [-0.05, 0) is 24.6 Å². The molecule has 1 atom stereocenters. The van der Waals surface area contributed by atoms with Crippen LogP contribution in [0.1, 0.15) is 28.2 Å². The summed E-state index contributed by atoms with van der Waals surface area (Å²) < 4.78 is 0.937. The number of carbonyl (C=O) groups is 2. The summed E-state index contributed by atoms with van der Waals surface area (Å²) in [6.07, 6.45) is 3.37. The highest BCUT2D eigenvalue weighted by Gasteiger charge is 2.18. The van der Waals surface area contributed by atoms with Gasteiger partial charge in [0.05, 0.1) is 17.6 Å². The Morgan fingerprint density at radius 2 is 2.04 bits per heavy atom. The van der Waals surface area contributed by atoms with Gasteiger partial charge in [0.15, 0.2) is 0 Å². The van der Waals surface area contributed by atoms with E-state index >= 15 is 0 Å². The van der Waals surface area contributed by atoms with E-state index in [0.717, 1.165) is 15.6 Å². The van der Waals surface area contributed by atoms with E-state index in [1.165, 1.54) is 11.3 Å². The number of hydrogen-bond donors (Lipinski definition) is 2. The first-order valence-corrected chi connectivity index (χ1v) is 8.90. The van der Waals surface area contributed by atoms with Crippen molar-refractivity contribution in [3.05, 3.63) is 64.3 Å². The fraction of sp³-hybridized carbons (Fsp3) is 0.167. The molecule has 128 valence electrons. The standard InChI is InChI=1S/C18H16ClN3O2S/c1-11(12-5-4-8-20-9-12)22-15(23)10-21-18(24)17-16(19)13-6-2-3-7-14(13)25-17/h2-9,11H,10H2,1H3,(H,21,24)(H,22,23)/t11-/m0/s1. The summed E-state index contributed by atoms with van der Waals surface area (Å²) in [5, 5.41) is 6.70. The Balaban J connectivity index is 1.60. The summed E-state index contributed by atoms with van der Waals surface area (Å²) in [7, 11) is 0. The van der Waals surface area contributed by atoms with Crippen molar-refractivity contribution in [2.45, 2.75) is 13.0 Å². The van der Waals surface area contributed by atoms with Gasteiger partial charge in [0.2, 0.25) is 5.91 Å². The highest BCUT2D eigenvalue weighted by molar-refractivity contribution is 7.21. The molecule has 2 aromatic heterocycles. The van der Waals surface area contributed by atoms with Crippen molar-refractivity contribution >= 4 is 44.8 Å². The number of carbonyl (C=O) groups excluding carboxylic acids is 2. The van der Waals surface area contributed by atoms with Gasteiger partial charge in [-0.2, -0.15) is 0 Å². The Kier molecular flexibility index (Phi) is 5.31. The molecule has 25 heavy (non-hydrogen) atoms. The van der Waals surface area contributed by atoms with Crippen molar-refractivity contribution in [3.63, 3.8) is 0 Å². The lowest BCUT2D eigenvalue weighted by atomic mass is 10.1. The normalized spacial score (nSPS) is 11.9. The second-order valence-electron chi connectivity index (χ2n) is 5.50. The van der Waals surface area contributed by atoms with Crippen molar-refractivity contribution in [1.82, 2.24) is 15.6 Å². The van der Waals surface area contributed by atoms with Crippen LogP contribution in [0.2, 0.25) is 5.02 Å². The van der Waals surface area contributed by atoms with E-state index in [4.69, 9.17) is 11.6 Å². The number of hydrogen-bond acceptors (Lipinski definition) is 4. The molecular formula is C18H16ClN3O2S. The van der Waals surface area contributed by atoms with Gasteiger partial charge < -0.3 is 10.6 Å². The van der Waals surface area contributed by atoms with Crippen LogP contribution in [0, 0.1) is 0 Å². The van der Waals surface area contributed by atoms with Crippen LogP contribution in [-0.4, -0.2) is 23.3 Å². The number of thiophene rings is 1. The molecule has 3 aromatic rings. The van der Waals surface area contributed by atoms with Gasteiger partial charge in [0.1, 0.15) is 4.88 Å². The molecule has 0 aliphatic heterocycles. The van der Waals surface area contributed by atoms with Gasteiger partial charge in [-0.15, -0.1) is 11.3 Å². The summed E-state index contributed by atoms with van der Waals surface area (Å²) >= 11 is 7.58. The first kappa shape index (κ1) is 17.4. The first-order valence-electron chi connectivity index (χ1n) is 7.71. The van der Waals surface area contributed by atoms with E-state index < -0.39 is 0 Å². The summed E-state index contributed by atoms with van der Waals surface area (Å²) in [4.78, 5) is 28.8. The van der Waals surface area contributed by atoms with Crippen LogP contribution in [0.3, 0.4) is 0 Å². The Morgan fingerprint density at radius 1 is 1.24 bits per heavy atom. The van der Waals surface area contributed by atoms with Gasteiger partial charge in [-0.1, -0.05) is 35.9 Å². The fourth-order valence-electron chi connectivity index (χ4n) is 2.41. The Bertz CT molecular complexity index is 911. The first-order chi connectivity index (χ1) is 12.1. The van der Waals surface area contributed by atoms with Crippen molar-refractivity contribution in [2.75, 3.05) is 6.54 Å². The lowest BCUT2D eigenvalue weighted by molar-refractivity contribution is -0.120. The summed E-state index contributed by atoms with van der Waals surface area (Å²) in [5.41, 5.74) is 0.898. The third-order valence-electron chi connectivity index (χ3n) is 3.71. The molecule has 0 aliphatic carbocycles. The Hall–Kier alpha value is -2.44. The van der Waals surface area contributed by atoms with Gasteiger partial charge in [-0.3, -0.25) is 14.6 Å². The number of amides is 2. The van der Waals surface area contributed by atoms with Gasteiger partial charge >= 0.3 is 0 Å². The SMILES string of the molecule is C[C@H](NC(=O)CNC(=O)c1sc2ccccc2c1Cl)c1cccnc1. The number of nitrogens with one attached hydrogen (secondary N) is 2. The molecule has 2 N–H and O–H groups in total. The third-order valence-corrected chi connectivity index (χ3v) is 5.39. The van der Waals surface area contributed by atoms with Crippen molar-refractivity contribution in [1.29, 1.82) is 0 Å². The minimum absolute atomic E-state index is 0.117. The molecule has 0 fully saturated rings. The maximum absolute atomic E-state index is 12.3. The number of halogens is 1. The van der Waals surface area contributed by atoms with Gasteiger partial charge in [-0.25, -0.2) is 0 Å². The topological polar surface area (TPSA) is 71.1 Å². The number of aromatic nitrogens is 1. The zero-order valence-corrected chi connectivity index (χ0v) is 15.0. The molecule has 0 unspecified atom stereocenters. The van der Waals surface area contributed by atoms with E-state index in [9.17, 15) is 9.59 Å². The van der Waals surface area contributed by atoms with Crippen molar-refractivity contribution in [3.8, 4) is 0 Å². The zero-order valence-electron chi connectivity index (χ0n) is 13.5. The quantitative estimate of drug-likeness (QED) is 0.718. The average Bonchev–Trinajstić information content (AvgIpc) is 2.97. The van der Waals surface area contributed by atoms with E-state index in [0.29, 0.717) is 9.90 Å². The predicted molar refractivity (Wildman–Crippen MR) is 100.0 cm³/mol. The molecule has 2 amide bonds. The summed E-state index contributed by atoms with van der Waals surface area (Å²) in [6, 6.07) is 11.0. The van der Waals surface area contributed by atoms with Gasteiger partial charge in [0, 0.05) is 22.5 Å². The molecule has 0 bridgehead atoms. The molecule has 0 aliphatic rings. The van der Waals surface area contributed by atoms with Crippen LogP contribution in [0.25, 0.3) is 10.1 Å². The highest BCUT2D eigenvalue weighted by Crippen LogP contribution is 2.34. The molecule has 0 saturated carbocycles. The van der Waals surface area contributed by atoms with Crippen LogP contribution in [0.5, 0.6) is 0 Å². The monoisotopic (exact) mass is 373 g/mol. The van der Waals surface area contributed by atoms with Crippen molar-refractivity contribution in [2.24, 2.45) is 0 Å². The molecule has 7 heteroatoms. The minimum atomic E-state index is -0.351. The second kappa shape index (κ2) is 7.63. The number of rotatable bonds is 5. The van der Waals surface area contributed by atoms with Crippen molar-refractivity contribution < 1.29 is 9.59 Å². The number of benzene rings is 1. The molecule has 0 spiro atoms.